The highest BCUT2D eigenvalue weighted by Gasteiger charge is 2.31. The maximum absolute atomic E-state index is 12.4. The normalized spacial score (nSPS) is 16.9. The molecule has 1 aromatic rings. The van der Waals surface area contributed by atoms with Gasteiger partial charge in [0.2, 0.25) is 5.91 Å². The molecule has 0 aromatic carbocycles. The first-order chi connectivity index (χ1) is 8.72. The largest absolute Gasteiger partial charge is 0.334 e. The highest BCUT2D eigenvalue weighted by molar-refractivity contribution is 7.09. The fraction of sp³-hybridized carbons (Fsp3) is 0.500. The zero-order valence-corrected chi connectivity index (χ0v) is 11.6. The summed E-state index contributed by atoms with van der Waals surface area (Å²) in [6.07, 6.45) is 1.80. The molecule has 1 atom stereocenters. The molecule has 0 aliphatic carbocycles. The minimum Gasteiger partial charge on any atom is -0.334 e. The van der Waals surface area contributed by atoms with Gasteiger partial charge in [0.05, 0.1) is 6.54 Å². The molecular weight excluding hydrogens is 244 g/mol. The first-order valence-electron chi connectivity index (χ1n) is 6.35. The second kappa shape index (κ2) is 6.16. The third-order valence-corrected chi connectivity index (χ3v) is 4.36. The van der Waals surface area contributed by atoms with Crippen molar-refractivity contribution in [2.24, 2.45) is 11.8 Å². The van der Waals surface area contributed by atoms with Crippen LogP contribution in [0.5, 0.6) is 0 Å². The molecule has 1 N–H and O–H groups in total. The van der Waals surface area contributed by atoms with Gasteiger partial charge in [-0.15, -0.1) is 17.9 Å². The van der Waals surface area contributed by atoms with E-state index in [2.05, 4.69) is 18.0 Å². The lowest BCUT2D eigenvalue weighted by Gasteiger charge is -2.34. The molecule has 18 heavy (non-hydrogen) atoms. The highest BCUT2D eigenvalue weighted by atomic mass is 32.1. The predicted octanol–water partition coefficient (Wildman–Crippen LogP) is 2.12. The van der Waals surface area contributed by atoms with E-state index in [-0.39, 0.29) is 11.8 Å². The lowest BCUT2D eigenvalue weighted by molar-refractivity contribution is -0.137. The van der Waals surface area contributed by atoms with E-state index in [0.717, 1.165) is 13.1 Å². The summed E-state index contributed by atoms with van der Waals surface area (Å²) >= 11 is 1.69. The van der Waals surface area contributed by atoms with Crippen LogP contribution in [0.15, 0.2) is 30.2 Å². The van der Waals surface area contributed by atoms with Gasteiger partial charge in [-0.1, -0.05) is 19.1 Å². The minimum absolute atomic E-state index is 0.103. The van der Waals surface area contributed by atoms with Gasteiger partial charge < -0.3 is 10.2 Å². The van der Waals surface area contributed by atoms with Crippen LogP contribution in [-0.2, 0) is 11.3 Å². The van der Waals surface area contributed by atoms with Gasteiger partial charge in [0.25, 0.3) is 0 Å². The van der Waals surface area contributed by atoms with Crippen molar-refractivity contribution >= 4 is 17.2 Å². The number of rotatable bonds is 6. The van der Waals surface area contributed by atoms with E-state index in [1.807, 2.05) is 23.3 Å². The van der Waals surface area contributed by atoms with Crippen LogP contribution in [0, 0.1) is 11.8 Å². The summed E-state index contributed by atoms with van der Waals surface area (Å²) < 4.78 is 0. The number of carbonyl (C=O) groups excluding carboxylic acids is 1. The number of thiophene rings is 1. The van der Waals surface area contributed by atoms with Crippen molar-refractivity contribution in [1.29, 1.82) is 0 Å². The maximum atomic E-state index is 12.4. The van der Waals surface area contributed by atoms with Gasteiger partial charge >= 0.3 is 0 Å². The standard InChI is InChI=1S/C14H20N2OS/c1-3-6-16(10-13-5-4-7-18-13)14(17)11(2)12-8-15-9-12/h3-5,7,11-12,15H,1,6,8-10H2,2H3. The summed E-state index contributed by atoms with van der Waals surface area (Å²) in [6, 6.07) is 4.10. The number of amides is 1. The molecule has 1 aliphatic rings. The average molecular weight is 264 g/mol. The molecule has 0 spiro atoms. The Morgan fingerprint density at radius 1 is 1.72 bits per heavy atom. The molecule has 0 bridgehead atoms. The Morgan fingerprint density at radius 2 is 2.50 bits per heavy atom. The Hall–Kier alpha value is -1.13. The van der Waals surface area contributed by atoms with Crippen LogP contribution >= 0.6 is 11.3 Å². The van der Waals surface area contributed by atoms with Crippen LogP contribution in [0.25, 0.3) is 0 Å². The molecule has 1 aromatic heterocycles. The molecule has 1 unspecified atom stereocenters. The van der Waals surface area contributed by atoms with Crippen LogP contribution in [0.4, 0.5) is 0 Å². The Balaban J connectivity index is 1.99. The fourth-order valence-electron chi connectivity index (χ4n) is 2.13. The number of hydrogen-bond donors (Lipinski definition) is 1. The molecule has 3 nitrogen and oxygen atoms in total. The number of carbonyl (C=O) groups is 1. The summed E-state index contributed by atoms with van der Waals surface area (Å²) in [5, 5.41) is 5.27. The van der Waals surface area contributed by atoms with E-state index in [1.54, 1.807) is 17.4 Å². The molecule has 1 amide bonds. The van der Waals surface area contributed by atoms with Gasteiger partial charge in [-0.25, -0.2) is 0 Å². The zero-order chi connectivity index (χ0) is 13.0. The van der Waals surface area contributed by atoms with Crippen molar-refractivity contribution < 1.29 is 4.79 Å². The predicted molar refractivity (Wildman–Crippen MR) is 75.5 cm³/mol. The van der Waals surface area contributed by atoms with Gasteiger partial charge in [0.15, 0.2) is 0 Å². The van der Waals surface area contributed by atoms with Gasteiger partial charge in [-0.3, -0.25) is 4.79 Å². The lowest BCUT2D eigenvalue weighted by atomic mass is 9.88. The second-order valence-corrected chi connectivity index (χ2v) is 5.83. The Morgan fingerprint density at radius 3 is 3.00 bits per heavy atom. The first-order valence-corrected chi connectivity index (χ1v) is 7.23. The molecule has 2 heterocycles. The van der Waals surface area contributed by atoms with E-state index in [4.69, 9.17) is 0 Å². The van der Waals surface area contributed by atoms with Crippen LogP contribution in [0.2, 0.25) is 0 Å². The topological polar surface area (TPSA) is 32.3 Å². The van der Waals surface area contributed by atoms with Crippen LogP contribution in [0.3, 0.4) is 0 Å². The first kappa shape index (κ1) is 13.3. The van der Waals surface area contributed by atoms with Gasteiger partial charge in [-0.2, -0.15) is 0 Å². The average Bonchev–Trinajstić information content (AvgIpc) is 2.78. The fourth-order valence-corrected chi connectivity index (χ4v) is 2.85. The second-order valence-electron chi connectivity index (χ2n) is 4.79. The summed E-state index contributed by atoms with van der Waals surface area (Å²) in [6.45, 7) is 9.05. The Kier molecular flexibility index (Phi) is 4.55. The number of nitrogens with one attached hydrogen (secondary N) is 1. The SMILES string of the molecule is C=CCN(Cc1cccs1)C(=O)C(C)C1CNC1. The lowest BCUT2D eigenvalue weighted by Crippen LogP contribution is -2.50. The number of hydrogen-bond acceptors (Lipinski definition) is 3. The summed E-state index contributed by atoms with van der Waals surface area (Å²) in [7, 11) is 0. The van der Waals surface area contributed by atoms with E-state index in [1.165, 1.54) is 4.88 Å². The van der Waals surface area contributed by atoms with E-state index >= 15 is 0 Å². The molecule has 2 rings (SSSR count). The molecule has 1 fully saturated rings. The third-order valence-electron chi connectivity index (χ3n) is 3.50. The quantitative estimate of drug-likeness (QED) is 0.798. The summed E-state index contributed by atoms with van der Waals surface area (Å²) in [4.78, 5) is 15.6. The van der Waals surface area contributed by atoms with Crippen LogP contribution < -0.4 is 5.32 Å². The van der Waals surface area contributed by atoms with Crippen molar-refractivity contribution in [2.45, 2.75) is 13.5 Å². The van der Waals surface area contributed by atoms with Crippen LogP contribution in [0.1, 0.15) is 11.8 Å². The number of nitrogens with zero attached hydrogens (tertiary/aromatic N) is 1. The van der Waals surface area contributed by atoms with E-state index in [9.17, 15) is 4.79 Å². The van der Waals surface area contributed by atoms with Crippen molar-refractivity contribution in [3.05, 3.63) is 35.0 Å². The molecule has 0 radical (unpaired) electrons. The molecule has 0 saturated carbocycles. The summed E-state index contributed by atoms with van der Waals surface area (Å²) in [5.74, 6) is 0.842. The highest BCUT2D eigenvalue weighted by Crippen LogP contribution is 2.20. The van der Waals surface area contributed by atoms with Gasteiger partial charge in [0.1, 0.15) is 0 Å². The molecule has 98 valence electrons. The Bertz CT molecular complexity index is 398. The minimum atomic E-state index is 0.103. The third kappa shape index (κ3) is 3.00. The maximum Gasteiger partial charge on any atom is 0.226 e. The Labute approximate surface area is 112 Å². The molecule has 4 heteroatoms. The van der Waals surface area contributed by atoms with Crippen LogP contribution in [-0.4, -0.2) is 30.4 Å². The molecule has 1 aliphatic heterocycles. The molecular formula is C14H20N2OS. The summed E-state index contributed by atoms with van der Waals surface area (Å²) in [5.41, 5.74) is 0. The van der Waals surface area contributed by atoms with Crippen molar-refractivity contribution in [2.75, 3.05) is 19.6 Å². The van der Waals surface area contributed by atoms with Crippen molar-refractivity contribution in [1.82, 2.24) is 10.2 Å². The monoisotopic (exact) mass is 264 g/mol. The van der Waals surface area contributed by atoms with E-state index in [0.29, 0.717) is 19.0 Å². The zero-order valence-electron chi connectivity index (χ0n) is 10.8. The van der Waals surface area contributed by atoms with Crippen molar-refractivity contribution in [3.8, 4) is 0 Å². The molecule has 1 saturated heterocycles. The van der Waals surface area contributed by atoms with Crippen molar-refractivity contribution in [3.63, 3.8) is 0 Å². The smallest absolute Gasteiger partial charge is 0.226 e. The van der Waals surface area contributed by atoms with E-state index < -0.39 is 0 Å². The van der Waals surface area contributed by atoms with Gasteiger partial charge in [0, 0.05) is 17.3 Å². The van der Waals surface area contributed by atoms with Gasteiger partial charge in [-0.05, 0) is 30.5 Å².